The molecule has 7 nitrogen and oxygen atoms in total. The van der Waals surface area contributed by atoms with E-state index in [4.69, 9.17) is 4.74 Å². The highest BCUT2D eigenvalue weighted by Gasteiger charge is 2.11. The molecule has 2 aromatic carbocycles. The number of para-hydroxylation sites is 1. The van der Waals surface area contributed by atoms with Crippen LogP contribution < -0.4 is 10.3 Å². The lowest BCUT2D eigenvalue weighted by Gasteiger charge is -2.01. The van der Waals surface area contributed by atoms with E-state index in [-0.39, 0.29) is 11.3 Å². The summed E-state index contributed by atoms with van der Waals surface area (Å²) in [5.41, 5.74) is 1.84. The van der Waals surface area contributed by atoms with Crippen molar-refractivity contribution in [2.24, 2.45) is 5.10 Å². The molecule has 0 aliphatic carbocycles. The fourth-order valence-electron chi connectivity index (χ4n) is 2.69. The SMILES string of the molecule is COc1ccc2[nH]c3c(=O)n(/N=C/c4cccc(Br)c4O)cnc3c2c1. The van der Waals surface area contributed by atoms with Gasteiger partial charge in [0, 0.05) is 16.5 Å². The zero-order valence-corrected chi connectivity index (χ0v) is 15.2. The van der Waals surface area contributed by atoms with Crippen LogP contribution in [0.15, 0.2) is 57.1 Å². The number of methoxy groups -OCH3 is 1. The summed E-state index contributed by atoms with van der Waals surface area (Å²) in [6, 6.07) is 10.6. The maximum Gasteiger partial charge on any atom is 0.298 e. The third-order valence-electron chi connectivity index (χ3n) is 4.04. The molecule has 2 N–H and O–H groups in total. The second-order valence-corrected chi connectivity index (χ2v) is 6.43. The Morgan fingerprint density at radius 1 is 1.35 bits per heavy atom. The standard InChI is InChI=1S/C18H13BrN4O3/c1-26-11-5-6-14-12(7-11)15-16(22-14)18(25)23(9-20-15)21-8-10-3-2-4-13(19)17(10)24/h2-9,22,24H,1H3/b21-8+. The predicted octanol–water partition coefficient (Wildman–Crippen LogP) is 3.24. The number of benzene rings is 2. The molecule has 0 radical (unpaired) electrons. The van der Waals surface area contributed by atoms with Crippen LogP contribution in [0.3, 0.4) is 0 Å². The summed E-state index contributed by atoms with van der Waals surface area (Å²) in [6.45, 7) is 0. The molecule has 0 spiro atoms. The van der Waals surface area contributed by atoms with Crippen molar-refractivity contribution in [3.63, 3.8) is 0 Å². The molecule has 0 amide bonds. The Labute approximate surface area is 155 Å². The molecule has 130 valence electrons. The molecule has 0 aliphatic rings. The van der Waals surface area contributed by atoms with Crippen molar-refractivity contribution in [2.75, 3.05) is 7.11 Å². The van der Waals surface area contributed by atoms with E-state index in [1.165, 1.54) is 12.5 Å². The number of hydrogen-bond donors (Lipinski definition) is 2. The van der Waals surface area contributed by atoms with Crippen LogP contribution in [0.5, 0.6) is 11.5 Å². The Morgan fingerprint density at radius 3 is 3.00 bits per heavy atom. The third-order valence-corrected chi connectivity index (χ3v) is 4.68. The van der Waals surface area contributed by atoms with Crippen LogP contribution >= 0.6 is 15.9 Å². The molecular formula is C18H13BrN4O3. The summed E-state index contributed by atoms with van der Waals surface area (Å²) in [5, 5.41) is 14.9. The van der Waals surface area contributed by atoms with Gasteiger partial charge < -0.3 is 14.8 Å². The van der Waals surface area contributed by atoms with Gasteiger partial charge in [-0.1, -0.05) is 6.07 Å². The fourth-order valence-corrected chi connectivity index (χ4v) is 3.08. The van der Waals surface area contributed by atoms with E-state index in [9.17, 15) is 9.90 Å². The van der Waals surface area contributed by atoms with E-state index in [1.807, 2.05) is 18.2 Å². The van der Waals surface area contributed by atoms with Gasteiger partial charge in [0.25, 0.3) is 5.56 Å². The summed E-state index contributed by atoms with van der Waals surface area (Å²) in [4.78, 5) is 20.1. The van der Waals surface area contributed by atoms with Crippen LogP contribution in [0.1, 0.15) is 5.56 Å². The number of rotatable bonds is 3. The van der Waals surface area contributed by atoms with Crippen LogP contribution in [0.25, 0.3) is 21.9 Å². The van der Waals surface area contributed by atoms with Gasteiger partial charge in [-0.05, 0) is 46.3 Å². The maximum atomic E-state index is 12.7. The number of ether oxygens (including phenoxy) is 1. The highest BCUT2D eigenvalue weighted by molar-refractivity contribution is 9.10. The van der Waals surface area contributed by atoms with E-state index < -0.39 is 0 Å². The Kier molecular flexibility index (Phi) is 3.96. The van der Waals surface area contributed by atoms with Crippen molar-refractivity contribution in [3.8, 4) is 11.5 Å². The highest BCUT2D eigenvalue weighted by atomic mass is 79.9. The number of hydrogen-bond acceptors (Lipinski definition) is 5. The third kappa shape index (κ3) is 2.64. The quantitative estimate of drug-likeness (QED) is 0.505. The Hall–Kier alpha value is -3.13. The largest absolute Gasteiger partial charge is 0.506 e. The molecule has 2 heterocycles. The van der Waals surface area contributed by atoms with E-state index >= 15 is 0 Å². The first-order chi connectivity index (χ1) is 12.6. The first-order valence-electron chi connectivity index (χ1n) is 7.67. The van der Waals surface area contributed by atoms with Crippen LogP contribution in [0.2, 0.25) is 0 Å². The first kappa shape index (κ1) is 16.3. The Balaban J connectivity index is 1.83. The van der Waals surface area contributed by atoms with Crippen LogP contribution in [-0.4, -0.2) is 33.1 Å². The van der Waals surface area contributed by atoms with Gasteiger partial charge in [0.05, 0.1) is 17.8 Å². The average molecular weight is 413 g/mol. The summed E-state index contributed by atoms with van der Waals surface area (Å²) in [7, 11) is 1.59. The molecule has 2 aromatic heterocycles. The minimum Gasteiger partial charge on any atom is -0.506 e. The average Bonchev–Trinajstić information content (AvgIpc) is 3.03. The number of aromatic amines is 1. The molecule has 8 heteroatoms. The number of aromatic nitrogens is 3. The molecule has 26 heavy (non-hydrogen) atoms. The van der Waals surface area contributed by atoms with Crippen molar-refractivity contribution >= 4 is 44.1 Å². The molecule has 0 bridgehead atoms. The van der Waals surface area contributed by atoms with Gasteiger partial charge in [0.15, 0.2) is 0 Å². The van der Waals surface area contributed by atoms with Gasteiger partial charge in [-0.15, -0.1) is 0 Å². The second-order valence-electron chi connectivity index (χ2n) is 5.58. The maximum absolute atomic E-state index is 12.7. The lowest BCUT2D eigenvalue weighted by Crippen LogP contribution is -2.17. The van der Waals surface area contributed by atoms with Crippen LogP contribution in [0, 0.1) is 0 Å². The lowest BCUT2D eigenvalue weighted by molar-refractivity contribution is 0.415. The minimum absolute atomic E-state index is 0.0519. The van der Waals surface area contributed by atoms with Crippen molar-refractivity contribution < 1.29 is 9.84 Å². The molecule has 4 rings (SSSR count). The number of nitrogens with zero attached hydrogens (tertiary/aromatic N) is 3. The lowest BCUT2D eigenvalue weighted by atomic mass is 10.2. The monoisotopic (exact) mass is 412 g/mol. The van der Waals surface area contributed by atoms with Crippen molar-refractivity contribution in [1.29, 1.82) is 0 Å². The molecule has 4 aromatic rings. The first-order valence-corrected chi connectivity index (χ1v) is 8.46. The second kappa shape index (κ2) is 6.30. The van der Waals surface area contributed by atoms with Gasteiger partial charge in [0.1, 0.15) is 28.9 Å². The van der Waals surface area contributed by atoms with E-state index in [0.29, 0.717) is 26.8 Å². The topological polar surface area (TPSA) is 92.5 Å². The number of phenols is 1. The summed E-state index contributed by atoms with van der Waals surface area (Å²) in [5.74, 6) is 0.739. The number of nitrogens with one attached hydrogen (secondary N) is 1. The van der Waals surface area contributed by atoms with E-state index in [2.05, 4.69) is 31.0 Å². The van der Waals surface area contributed by atoms with Crippen LogP contribution in [-0.2, 0) is 0 Å². The van der Waals surface area contributed by atoms with Gasteiger partial charge in [-0.3, -0.25) is 4.79 Å². The fraction of sp³-hybridized carbons (Fsp3) is 0.0556. The molecule has 0 aliphatic heterocycles. The van der Waals surface area contributed by atoms with Crippen molar-refractivity contribution in [3.05, 3.63) is 63.1 Å². The number of halogens is 1. The Bertz CT molecular complexity index is 1230. The normalized spacial score (nSPS) is 11.6. The number of aromatic hydroxyl groups is 1. The zero-order chi connectivity index (χ0) is 18.3. The number of H-pyrrole nitrogens is 1. The summed E-state index contributed by atoms with van der Waals surface area (Å²) >= 11 is 3.24. The van der Waals surface area contributed by atoms with Crippen molar-refractivity contribution in [1.82, 2.24) is 14.6 Å². The van der Waals surface area contributed by atoms with Crippen molar-refractivity contribution in [2.45, 2.75) is 0 Å². The molecule has 0 saturated carbocycles. The molecule has 0 fully saturated rings. The molecule has 0 unspecified atom stereocenters. The van der Waals surface area contributed by atoms with Gasteiger partial charge in [0.2, 0.25) is 0 Å². The van der Waals surface area contributed by atoms with E-state index in [1.54, 1.807) is 25.3 Å². The number of phenolic OH excluding ortho intramolecular Hbond substituents is 1. The van der Waals surface area contributed by atoms with Gasteiger partial charge in [-0.2, -0.15) is 9.78 Å². The predicted molar refractivity (Wildman–Crippen MR) is 103 cm³/mol. The number of fused-ring (bicyclic) bond motifs is 3. The van der Waals surface area contributed by atoms with E-state index in [0.717, 1.165) is 15.6 Å². The molecule has 0 atom stereocenters. The van der Waals surface area contributed by atoms with Gasteiger partial charge >= 0.3 is 0 Å². The van der Waals surface area contributed by atoms with Crippen LogP contribution in [0.4, 0.5) is 0 Å². The zero-order valence-electron chi connectivity index (χ0n) is 13.6. The summed E-state index contributed by atoms with van der Waals surface area (Å²) in [6.07, 6.45) is 2.75. The minimum atomic E-state index is -0.337. The highest BCUT2D eigenvalue weighted by Crippen LogP contribution is 2.27. The molecular weight excluding hydrogens is 400 g/mol. The summed E-state index contributed by atoms with van der Waals surface area (Å²) < 4.78 is 6.90. The smallest absolute Gasteiger partial charge is 0.298 e. The Morgan fingerprint density at radius 2 is 2.19 bits per heavy atom. The van der Waals surface area contributed by atoms with Gasteiger partial charge in [-0.25, -0.2) is 4.98 Å². The molecule has 0 saturated heterocycles.